The third-order valence-corrected chi connectivity index (χ3v) is 16.8. The minimum absolute atomic E-state index is 0.00647. The van der Waals surface area contributed by atoms with Gasteiger partial charge in [0, 0.05) is 47.0 Å². The van der Waals surface area contributed by atoms with Crippen molar-refractivity contribution in [3.8, 4) is 15.4 Å². The number of benzene rings is 2. The Bertz CT molecular complexity index is 2940. The number of aryl methyl sites for hydroxylation is 3. The Labute approximate surface area is 488 Å². The monoisotopic (exact) mass is 1170 g/mol. The van der Waals surface area contributed by atoms with Crippen LogP contribution in [0.5, 0.6) is 0 Å². The van der Waals surface area contributed by atoms with E-state index in [9.17, 15) is 24.0 Å². The number of amides is 4. The molecule has 5 N–H and O–H groups in total. The first kappa shape index (κ1) is 62.7. The van der Waals surface area contributed by atoms with E-state index in [2.05, 4.69) is 45.0 Å². The molecule has 1 saturated heterocycles. The number of rotatable bonds is 30. The number of halogens is 1. The lowest BCUT2D eigenvalue weighted by Gasteiger charge is -2.35. The zero-order valence-corrected chi connectivity index (χ0v) is 50.2. The second-order valence-electron chi connectivity index (χ2n) is 21.7. The highest BCUT2D eigenvalue weighted by molar-refractivity contribution is 7.15. The van der Waals surface area contributed by atoms with Gasteiger partial charge in [0.05, 0.1) is 67.8 Å². The first-order valence-corrected chi connectivity index (χ1v) is 30.1. The van der Waals surface area contributed by atoms with Crippen molar-refractivity contribution in [1.82, 2.24) is 40.6 Å². The molecule has 7 rings (SSSR count). The van der Waals surface area contributed by atoms with Crippen molar-refractivity contribution in [3.63, 3.8) is 0 Å². The first-order valence-electron chi connectivity index (χ1n) is 28.1. The highest BCUT2D eigenvalue weighted by Gasteiger charge is 2.46. The number of carbonyl (C=O) groups excluding carboxylic acids is 5. The summed E-state index contributed by atoms with van der Waals surface area (Å²) >= 11 is 9.47. The number of nitrogens with two attached hydrogens (primary N) is 1. The van der Waals surface area contributed by atoms with Crippen LogP contribution in [0.15, 0.2) is 59.0 Å². The van der Waals surface area contributed by atoms with Crippen molar-refractivity contribution in [2.45, 2.75) is 143 Å². The van der Waals surface area contributed by atoms with Crippen molar-refractivity contribution in [1.29, 1.82) is 0 Å². The number of nitrogens with one attached hydrogen (secondary N) is 3. The molecular formula is C59H79ClN10O9S2. The lowest BCUT2D eigenvalue weighted by atomic mass is 9.85. The molecule has 4 amide bonds. The molecule has 5 aromatic rings. The van der Waals surface area contributed by atoms with Gasteiger partial charge < -0.3 is 45.5 Å². The molecule has 2 aliphatic heterocycles. The Morgan fingerprint density at radius 1 is 0.815 bits per heavy atom. The molecule has 5 heterocycles. The molecule has 4 atom stereocenters. The van der Waals surface area contributed by atoms with E-state index in [0.717, 1.165) is 92.5 Å². The number of aliphatic imine (C=N–C) groups is 1. The molecule has 0 saturated carbocycles. The van der Waals surface area contributed by atoms with Gasteiger partial charge in [-0.1, -0.05) is 101 Å². The summed E-state index contributed by atoms with van der Waals surface area (Å²) in [5, 5.41) is 19.2. The fraction of sp³-hybridized carbons (Fsp3) is 0.542. The van der Waals surface area contributed by atoms with Crippen molar-refractivity contribution >= 4 is 69.6 Å². The van der Waals surface area contributed by atoms with E-state index in [1.54, 1.807) is 22.7 Å². The minimum atomic E-state index is -1.03. The number of nitrogens with zero attached hydrogens (tertiary/aromatic N) is 6. The van der Waals surface area contributed by atoms with Gasteiger partial charge in [-0.3, -0.25) is 33.5 Å². The molecule has 0 bridgehead atoms. The number of hydrogen-bond acceptors (Lipinski definition) is 16. The third kappa shape index (κ3) is 17.5. The zero-order valence-electron chi connectivity index (χ0n) is 47.8. The summed E-state index contributed by atoms with van der Waals surface area (Å²) in [7, 11) is 0. The second kappa shape index (κ2) is 30.4. The molecule has 2 aliphatic rings. The van der Waals surface area contributed by atoms with Gasteiger partial charge in [0.25, 0.3) is 0 Å². The number of aromatic nitrogens is 4. The zero-order chi connectivity index (χ0) is 58.1. The molecule has 2 aromatic carbocycles. The molecule has 81 heavy (non-hydrogen) atoms. The Hall–Kier alpha value is -5.94. The Kier molecular flexibility index (Phi) is 23.5. The number of esters is 1. The number of hydrogen-bond donors (Lipinski definition) is 4. The van der Waals surface area contributed by atoms with E-state index in [0.29, 0.717) is 29.6 Å². The summed E-state index contributed by atoms with van der Waals surface area (Å²) in [6, 6.07) is 12.9. The lowest BCUT2D eigenvalue weighted by molar-refractivity contribution is -0.150. The van der Waals surface area contributed by atoms with Gasteiger partial charge in [-0.25, -0.2) is 4.98 Å². The summed E-state index contributed by atoms with van der Waals surface area (Å²) in [4.78, 5) is 81.6. The summed E-state index contributed by atoms with van der Waals surface area (Å²) < 4.78 is 24.9. The average molecular weight is 1170 g/mol. The van der Waals surface area contributed by atoms with Gasteiger partial charge in [0.1, 0.15) is 41.7 Å². The molecular weight excluding hydrogens is 1090 g/mol. The highest BCUT2D eigenvalue weighted by Crippen LogP contribution is 2.40. The number of unbranched alkanes of at least 4 members (excludes halogenated alkanes) is 6. The maximum absolute atomic E-state index is 14.6. The van der Waals surface area contributed by atoms with Gasteiger partial charge in [-0.15, -0.1) is 32.9 Å². The van der Waals surface area contributed by atoms with Crippen LogP contribution in [-0.2, 0) is 49.5 Å². The van der Waals surface area contributed by atoms with E-state index in [-0.39, 0.29) is 96.3 Å². The lowest BCUT2D eigenvalue weighted by Crippen LogP contribution is -2.58. The van der Waals surface area contributed by atoms with E-state index >= 15 is 0 Å². The van der Waals surface area contributed by atoms with Crippen LogP contribution >= 0.6 is 34.3 Å². The van der Waals surface area contributed by atoms with Crippen molar-refractivity contribution in [2.75, 3.05) is 59.3 Å². The number of fused-ring (bicyclic) bond motifs is 3. The number of thiazole rings is 1. The van der Waals surface area contributed by atoms with Crippen LogP contribution in [0.3, 0.4) is 0 Å². The summed E-state index contributed by atoms with van der Waals surface area (Å²) in [5.74, 6) is -0.626. The molecule has 0 unspecified atom stereocenters. The molecule has 1 fully saturated rings. The van der Waals surface area contributed by atoms with Crippen molar-refractivity contribution in [2.24, 2.45) is 16.1 Å². The number of ether oxygens (including phenoxy) is 4. The first-order chi connectivity index (χ1) is 38.9. The standard InChI is InChI=1S/C59H79ClN10O9S2/c1-37-39(3)81-58-51(37)52(42-20-22-44(60)23-21-42)65-46(55-68-67-40(4)70(55)58)32-48(71)62-25-26-76-27-28-77-29-30-78-35-49(72)66-54(59(5,6)7)57(75)69-34-45(79-50(73)15-13-11-9-8-10-12-14-24-61)31-47(69)56(74)63-33-41-16-18-43(19-17-41)53-38(2)64-36-80-53/h16-23,36,45-47,54H,8-15,24-35,61H2,1-7H3,(H,62,71)(H,63,74)(H,66,72)/t45-,46+,47+,54-/m1/s1. The fourth-order valence-electron chi connectivity index (χ4n) is 9.84. The van der Waals surface area contributed by atoms with E-state index in [4.69, 9.17) is 41.3 Å². The van der Waals surface area contributed by atoms with Crippen LogP contribution in [0.2, 0.25) is 5.02 Å². The summed E-state index contributed by atoms with van der Waals surface area (Å²) in [6.07, 6.45) is 6.69. The van der Waals surface area contributed by atoms with Crippen molar-refractivity contribution < 1.29 is 42.9 Å². The van der Waals surface area contributed by atoms with Gasteiger partial charge >= 0.3 is 5.97 Å². The largest absolute Gasteiger partial charge is 0.460 e. The maximum Gasteiger partial charge on any atom is 0.306 e. The SMILES string of the molecule is Cc1ncsc1-c1ccc(CNC(=O)[C@@H]2C[C@@H](OC(=O)CCCCCCCCCN)CN2C(=O)[C@@H](NC(=O)COCCOCCOCCNC(=O)C[C@@H]2N=C(c3ccc(Cl)cc3)c3c(sc(C)c3C)-n3c(C)nnc32)C(C)(C)C)cc1. The van der Waals surface area contributed by atoms with Crippen LogP contribution in [0.1, 0.15) is 135 Å². The van der Waals surface area contributed by atoms with Gasteiger partial charge in [-0.2, -0.15) is 0 Å². The normalized spacial score (nSPS) is 16.3. The smallest absolute Gasteiger partial charge is 0.306 e. The van der Waals surface area contributed by atoms with Crippen LogP contribution < -0.4 is 21.7 Å². The van der Waals surface area contributed by atoms with Crippen LogP contribution in [0.4, 0.5) is 0 Å². The molecule has 0 radical (unpaired) electrons. The molecule has 0 spiro atoms. The topological polar surface area (TPSA) is 244 Å². The minimum Gasteiger partial charge on any atom is -0.460 e. The summed E-state index contributed by atoms with van der Waals surface area (Å²) in [5.41, 5.74) is 13.3. The summed E-state index contributed by atoms with van der Waals surface area (Å²) in [6.45, 7) is 15.4. The van der Waals surface area contributed by atoms with Crippen LogP contribution in [0, 0.1) is 33.1 Å². The van der Waals surface area contributed by atoms with Crippen molar-refractivity contribution in [3.05, 3.63) is 104 Å². The maximum atomic E-state index is 14.6. The Morgan fingerprint density at radius 2 is 1.48 bits per heavy atom. The molecule has 3 aromatic heterocycles. The average Bonchev–Trinajstić information content (AvgIpc) is 4.23. The number of carbonyl (C=O) groups is 5. The van der Waals surface area contributed by atoms with Gasteiger partial charge in [0.2, 0.25) is 23.6 Å². The highest BCUT2D eigenvalue weighted by atomic mass is 35.5. The van der Waals surface area contributed by atoms with E-state index < -0.39 is 41.5 Å². The molecule has 0 aliphatic carbocycles. The second-order valence-corrected chi connectivity index (χ2v) is 24.1. The Morgan fingerprint density at radius 3 is 2.16 bits per heavy atom. The predicted octanol–water partition coefficient (Wildman–Crippen LogP) is 8.23. The molecule has 438 valence electrons. The number of thiophene rings is 1. The van der Waals surface area contributed by atoms with E-state index in [1.165, 1.54) is 4.90 Å². The molecule has 19 nitrogen and oxygen atoms in total. The Balaban J connectivity index is 0.836. The van der Waals surface area contributed by atoms with Crippen LogP contribution in [0.25, 0.3) is 15.4 Å². The number of likely N-dealkylation sites (tertiary alicyclic amines) is 1. The fourth-order valence-corrected chi connectivity index (χ4v) is 12.0. The predicted molar refractivity (Wildman–Crippen MR) is 315 cm³/mol. The quantitative estimate of drug-likeness (QED) is 0.0250. The van der Waals surface area contributed by atoms with E-state index in [1.807, 2.05) is 93.2 Å². The van der Waals surface area contributed by atoms with Gasteiger partial charge in [-0.05, 0) is 81.3 Å². The third-order valence-electron chi connectivity index (χ3n) is 14.4. The molecule has 22 heteroatoms. The van der Waals surface area contributed by atoms with Gasteiger partial charge in [0.15, 0.2) is 5.82 Å². The van der Waals surface area contributed by atoms with Crippen LogP contribution in [-0.4, -0.2) is 137 Å².